The molecule has 0 spiro atoms. The Morgan fingerprint density at radius 1 is 1.43 bits per heavy atom. The zero-order valence-corrected chi connectivity index (χ0v) is 16.2. The molecule has 2 atom stereocenters. The molecule has 1 aliphatic heterocycles. The summed E-state index contributed by atoms with van der Waals surface area (Å²) >= 11 is 6.21. The number of aliphatic hydroxyl groups is 1. The van der Waals surface area contributed by atoms with Crippen molar-refractivity contribution in [2.45, 2.75) is 32.0 Å². The molecule has 28 heavy (non-hydrogen) atoms. The Kier molecular flexibility index (Phi) is 6.18. The third kappa shape index (κ3) is 4.27. The van der Waals surface area contributed by atoms with Crippen molar-refractivity contribution < 1.29 is 14.3 Å². The monoisotopic (exact) mass is 401 g/mol. The highest BCUT2D eigenvalue weighted by molar-refractivity contribution is 6.32. The lowest BCUT2D eigenvalue weighted by Gasteiger charge is -2.32. The number of benzene rings is 2. The zero-order valence-electron chi connectivity index (χ0n) is 15.5. The number of hydrogen-bond donors (Lipinski definition) is 1. The number of nitrogens with zero attached hydrogens (tertiary/aromatic N) is 3. The van der Waals surface area contributed by atoms with E-state index in [4.69, 9.17) is 16.9 Å². The van der Waals surface area contributed by atoms with Gasteiger partial charge in [0.25, 0.3) is 5.91 Å². The van der Waals surface area contributed by atoms with E-state index >= 15 is 0 Å². The second kappa shape index (κ2) is 8.59. The van der Waals surface area contributed by atoms with Crippen molar-refractivity contribution in [3.05, 3.63) is 64.4 Å². The molecular formula is C21H21ClFN3O2. The van der Waals surface area contributed by atoms with Gasteiger partial charge in [0.15, 0.2) is 0 Å². The number of anilines is 1. The number of rotatable bonds is 5. The van der Waals surface area contributed by atoms with Crippen LogP contribution in [0, 0.1) is 17.1 Å². The largest absolute Gasteiger partial charge is 0.384 e. The van der Waals surface area contributed by atoms with Crippen LogP contribution in [0.4, 0.5) is 10.1 Å². The summed E-state index contributed by atoms with van der Waals surface area (Å²) in [5, 5.41) is 19.0. The fourth-order valence-electron chi connectivity index (χ4n) is 3.48. The summed E-state index contributed by atoms with van der Waals surface area (Å²) in [5.41, 5.74) is 1.65. The fraction of sp³-hybridized carbons (Fsp3) is 0.333. The molecule has 1 fully saturated rings. The molecule has 1 aliphatic rings. The van der Waals surface area contributed by atoms with Crippen molar-refractivity contribution in [1.29, 1.82) is 5.26 Å². The van der Waals surface area contributed by atoms with E-state index in [1.807, 2.05) is 11.0 Å². The maximum Gasteiger partial charge on any atom is 0.251 e. The molecule has 2 aromatic carbocycles. The van der Waals surface area contributed by atoms with Gasteiger partial charge in [-0.1, -0.05) is 29.8 Å². The normalized spacial score (nSPS) is 17.2. The van der Waals surface area contributed by atoms with E-state index in [0.717, 1.165) is 5.69 Å². The Morgan fingerprint density at radius 3 is 2.82 bits per heavy atom. The van der Waals surface area contributed by atoms with Gasteiger partial charge in [-0.2, -0.15) is 5.26 Å². The number of halogens is 2. The molecule has 3 rings (SSSR count). The van der Waals surface area contributed by atoms with Crippen molar-refractivity contribution >= 4 is 23.2 Å². The predicted octanol–water partition coefficient (Wildman–Crippen LogP) is 3.34. The van der Waals surface area contributed by atoms with Gasteiger partial charge >= 0.3 is 0 Å². The van der Waals surface area contributed by atoms with Crippen LogP contribution >= 0.6 is 11.6 Å². The summed E-state index contributed by atoms with van der Waals surface area (Å²) < 4.78 is 14.3. The summed E-state index contributed by atoms with van der Waals surface area (Å²) in [6, 6.07) is 13.6. The van der Waals surface area contributed by atoms with Crippen LogP contribution in [0.15, 0.2) is 42.5 Å². The van der Waals surface area contributed by atoms with E-state index in [1.54, 1.807) is 41.3 Å². The molecule has 0 aromatic heterocycles. The number of hydrogen-bond acceptors (Lipinski definition) is 4. The molecule has 2 aromatic rings. The van der Waals surface area contributed by atoms with Gasteiger partial charge in [-0.05, 0) is 37.6 Å². The molecule has 0 saturated carbocycles. The van der Waals surface area contributed by atoms with Crippen molar-refractivity contribution in [3.63, 3.8) is 0 Å². The van der Waals surface area contributed by atoms with Gasteiger partial charge in [0.2, 0.25) is 0 Å². The SMILES string of the molecule is C[C@@H](O)C(=O)N1CC[C@H](N(Cc2ccccc2F)c2ccc(C#N)c(Cl)c2)C1. The van der Waals surface area contributed by atoms with Crippen LogP contribution in [0.2, 0.25) is 5.02 Å². The quantitative estimate of drug-likeness (QED) is 0.834. The molecule has 1 amide bonds. The van der Waals surface area contributed by atoms with E-state index in [9.17, 15) is 14.3 Å². The van der Waals surface area contributed by atoms with Crippen LogP contribution in [-0.4, -0.2) is 41.1 Å². The first-order valence-corrected chi connectivity index (χ1v) is 9.45. The highest BCUT2D eigenvalue weighted by atomic mass is 35.5. The van der Waals surface area contributed by atoms with Gasteiger partial charge < -0.3 is 14.9 Å². The minimum absolute atomic E-state index is 0.0636. The lowest BCUT2D eigenvalue weighted by atomic mass is 10.1. The standard InChI is InChI=1S/C21H21ClFN3O2/c1-14(27)21(28)25-9-8-18(13-25)26(12-16-4-2-3-5-20(16)23)17-7-6-15(11-24)19(22)10-17/h2-7,10,14,18,27H,8-9,12-13H2,1H3/t14-,18+/m1/s1. The topological polar surface area (TPSA) is 67.6 Å². The van der Waals surface area contributed by atoms with Gasteiger partial charge in [0.1, 0.15) is 18.0 Å². The maximum atomic E-state index is 14.3. The third-order valence-electron chi connectivity index (χ3n) is 4.98. The van der Waals surface area contributed by atoms with Gasteiger partial charge in [0, 0.05) is 36.9 Å². The Bertz CT molecular complexity index is 913. The summed E-state index contributed by atoms with van der Waals surface area (Å²) in [6.45, 7) is 2.70. The second-order valence-corrected chi connectivity index (χ2v) is 7.31. The summed E-state index contributed by atoms with van der Waals surface area (Å²) in [7, 11) is 0. The molecular weight excluding hydrogens is 381 g/mol. The van der Waals surface area contributed by atoms with Crippen LogP contribution < -0.4 is 4.90 Å². The number of likely N-dealkylation sites (tertiary alicyclic amines) is 1. The van der Waals surface area contributed by atoms with Gasteiger partial charge in [-0.3, -0.25) is 4.79 Å². The van der Waals surface area contributed by atoms with Gasteiger partial charge in [-0.15, -0.1) is 0 Å². The van der Waals surface area contributed by atoms with Crippen molar-refractivity contribution in [2.75, 3.05) is 18.0 Å². The van der Waals surface area contributed by atoms with Gasteiger partial charge in [0.05, 0.1) is 10.6 Å². The Hall–Kier alpha value is -2.62. The highest BCUT2D eigenvalue weighted by Crippen LogP contribution is 2.30. The second-order valence-electron chi connectivity index (χ2n) is 6.90. The molecule has 0 radical (unpaired) electrons. The molecule has 1 N–H and O–H groups in total. The molecule has 146 valence electrons. The van der Waals surface area contributed by atoms with E-state index in [1.165, 1.54) is 13.0 Å². The molecule has 0 aliphatic carbocycles. The minimum atomic E-state index is -1.05. The molecule has 5 nitrogen and oxygen atoms in total. The fourth-order valence-corrected chi connectivity index (χ4v) is 3.69. The molecule has 7 heteroatoms. The molecule has 0 unspecified atom stereocenters. The average Bonchev–Trinajstić information content (AvgIpc) is 3.16. The van der Waals surface area contributed by atoms with Crippen molar-refractivity contribution in [3.8, 4) is 6.07 Å². The predicted molar refractivity (Wildman–Crippen MR) is 105 cm³/mol. The van der Waals surface area contributed by atoms with Crippen molar-refractivity contribution in [2.24, 2.45) is 0 Å². The zero-order chi connectivity index (χ0) is 20.3. The summed E-state index contributed by atoms with van der Waals surface area (Å²) in [6.07, 6.45) is -0.368. The Labute approximate surface area is 168 Å². The first kappa shape index (κ1) is 20.1. The number of amides is 1. The lowest BCUT2D eigenvalue weighted by Crippen LogP contribution is -2.41. The van der Waals surface area contributed by atoms with E-state index in [0.29, 0.717) is 42.2 Å². The number of nitriles is 1. The van der Waals surface area contributed by atoms with E-state index in [-0.39, 0.29) is 17.8 Å². The smallest absolute Gasteiger partial charge is 0.251 e. The van der Waals surface area contributed by atoms with Crippen LogP contribution in [0.3, 0.4) is 0 Å². The van der Waals surface area contributed by atoms with Crippen LogP contribution in [0.25, 0.3) is 0 Å². The minimum Gasteiger partial charge on any atom is -0.384 e. The molecule has 1 heterocycles. The van der Waals surface area contributed by atoms with Crippen molar-refractivity contribution in [1.82, 2.24) is 4.90 Å². The lowest BCUT2D eigenvalue weighted by molar-refractivity contribution is -0.138. The molecule has 1 saturated heterocycles. The van der Waals surface area contributed by atoms with E-state index < -0.39 is 6.10 Å². The van der Waals surface area contributed by atoms with Crippen LogP contribution in [-0.2, 0) is 11.3 Å². The first-order valence-electron chi connectivity index (χ1n) is 9.07. The molecule has 0 bridgehead atoms. The first-order chi connectivity index (χ1) is 13.4. The summed E-state index contributed by atoms with van der Waals surface area (Å²) in [4.78, 5) is 15.8. The number of aliphatic hydroxyl groups excluding tert-OH is 1. The Balaban J connectivity index is 1.91. The van der Waals surface area contributed by atoms with Crippen LogP contribution in [0.1, 0.15) is 24.5 Å². The summed E-state index contributed by atoms with van der Waals surface area (Å²) in [5.74, 6) is -0.617. The maximum absolute atomic E-state index is 14.3. The Morgan fingerprint density at radius 2 is 2.18 bits per heavy atom. The third-order valence-corrected chi connectivity index (χ3v) is 5.29. The highest BCUT2D eigenvalue weighted by Gasteiger charge is 2.32. The van der Waals surface area contributed by atoms with Crippen LogP contribution in [0.5, 0.6) is 0 Å². The number of carbonyl (C=O) groups excluding carboxylic acids is 1. The van der Waals surface area contributed by atoms with E-state index in [2.05, 4.69) is 0 Å². The number of carbonyl (C=O) groups is 1. The van der Waals surface area contributed by atoms with Gasteiger partial charge in [-0.25, -0.2) is 4.39 Å². The average molecular weight is 402 g/mol.